The summed E-state index contributed by atoms with van der Waals surface area (Å²) in [6.45, 7) is 2.83. The highest BCUT2D eigenvalue weighted by Gasteiger charge is 2.26. The molecule has 1 fully saturated rings. The lowest BCUT2D eigenvalue weighted by atomic mass is 9.99. The van der Waals surface area contributed by atoms with Gasteiger partial charge < -0.3 is 14.2 Å². The summed E-state index contributed by atoms with van der Waals surface area (Å²) >= 11 is 0. The van der Waals surface area contributed by atoms with Crippen molar-refractivity contribution >= 4 is 29.2 Å². The topological polar surface area (TPSA) is 124 Å². The fourth-order valence-corrected chi connectivity index (χ4v) is 3.61. The molecule has 3 rings (SSSR count). The number of piperidine rings is 1. The van der Waals surface area contributed by atoms with Crippen LogP contribution in [0.2, 0.25) is 0 Å². The average molecular weight is 428 g/mol. The quantitative estimate of drug-likeness (QED) is 0.425. The first-order valence-electron chi connectivity index (χ1n) is 9.92. The van der Waals surface area contributed by atoms with Crippen LogP contribution in [0.5, 0.6) is 0 Å². The maximum Gasteiger partial charge on any atom is 0.338 e. The third-order valence-corrected chi connectivity index (χ3v) is 5.17. The Hall–Kier alpha value is -3.69. The van der Waals surface area contributed by atoms with Crippen LogP contribution in [0.15, 0.2) is 36.5 Å². The van der Waals surface area contributed by atoms with Crippen molar-refractivity contribution in [3.8, 4) is 0 Å². The molecule has 0 saturated carbocycles. The monoisotopic (exact) mass is 428 g/mol. The van der Waals surface area contributed by atoms with Crippen molar-refractivity contribution in [3.63, 3.8) is 0 Å². The van der Waals surface area contributed by atoms with E-state index in [0.29, 0.717) is 24.7 Å². The van der Waals surface area contributed by atoms with Crippen LogP contribution < -0.4 is 10.2 Å². The number of carbonyl (C=O) groups is 3. The molecule has 2 heterocycles. The second-order valence-electron chi connectivity index (χ2n) is 7.61. The van der Waals surface area contributed by atoms with Gasteiger partial charge in [-0.2, -0.15) is 0 Å². The van der Waals surface area contributed by atoms with Crippen LogP contribution in [0.4, 0.5) is 11.4 Å². The van der Waals surface area contributed by atoms with Crippen molar-refractivity contribution < 1.29 is 24.0 Å². The second kappa shape index (κ2) is 9.41. The molecular weight excluding hydrogens is 404 g/mol. The highest BCUT2D eigenvalue weighted by molar-refractivity contribution is 6.04. The zero-order valence-corrected chi connectivity index (χ0v) is 17.4. The van der Waals surface area contributed by atoms with Gasteiger partial charge in [-0.3, -0.25) is 25.0 Å². The minimum Gasteiger partial charge on any atom is -0.452 e. The summed E-state index contributed by atoms with van der Waals surface area (Å²) in [5.74, 6) is -1.88. The fourth-order valence-electron chi connectivity index (χ4n) is 3.61. The largest absolute Gasteiger partial charge is 0.452 e. The predicted octanol–water partition coefficient (Wildman–Crippen LogP) is 2.28. The standard InChI is InChI=1S/C21H24N4O6/c1-14-5-3-10-24(12-14)16-8-7-15(11-18(16)25(29)30)21(28)31-13-19(26)22-20(27)17-6-4-9-23(17)2/h4,6-9,11,14H,3,5,10,12-13H2,1-2H3,(H,22,26,27). The third kappa shape index (κ3) is 5.27. The van der Waals surface area contributed by atoms with E-state index in [1.807, 2.05) is 4.90 Å². The molecule has 0 bridgehead atoms. The maximum absolute atomic E-state index is 12.3. The molecule has 0 spiro atoms. The van der Waals surface area contributed by atoms with Crippen LogP contribution in [0.25, 0.3) is 0 Å². The van der Waals surface area contributed by atoms with Gasteiger partial charge in [-0.1, -0.05) is 6.92 Å². The van der Waals surface area contributed by atoms with E-state index in [9.17, 15) is 24.5 Å². The number of carbonyl (C=O) groups excluding carboxylic acids is 3. The van der Waals surface area contributed by atoms with Gasteiger partial charge in [0, 0.05) is 32.4 Å². The van der Waals surface area contributed by atoms with Crippen LogP contribution in [0, 0.1) is 16.0 Å². The van der Waals surface area contributed by atoms with Crippen molar-refractivity contribution in [3.05, 3.63) is 57.9 Å². The first kappa shape index (κ1) is 22.0. The van der Waals surface area contributed by atoms with Crippen molar-refractivity contribution in [2.75, 3.05) is 24.6 Å². The highest BCUT2D eigenvalue weighted by Crippen LogP contribution is 2.32. The van der Waals surface area contributed by atoms with Gasteiger partial charge in [-0.25, -0.2) is 4.79 Å². The number of imide groups is 1. The Morgan fingerprint density at radius 2 is 2.06 bits per heavy atom. The second-order valence-corrected chi connectivity index (χ2v) is 7.61. The van der Waals surface area contributed by atoms with Crippen LogP contribution in [0.1, 0.15) is 40.6 Å². The molecule has 2 aromatic rings. The summed E-state index contributed by atoms with van der Waals surface area (Å²) in [5.41, 5.74) is 0.505. The van der Waals surface area contributed by atoms with Gasteiger partial charge in [0.2, 0.25) is 0 Å². The van der Waals surface area contributed by atoms with Gasteiger partial charge in [0.05, 0.1) is 10.5 Å². The SMILES string of the molecule is CC1CCCN(c2ccc(C(=O)OCC(=O)NC(=O)c3cccn3C)cc2[N+](=O)[O-])C1. The first-order chi connectivity index (χ1) is 14.8. The van der Waals surface area contributed by atoms with E-state index in [-0.39, 0.29) is 16.9 Å². The molecule has 1 atom stereocenters. The number of nitro benzene ring substituents is 1. The number of ether oxygens (including phenoxy) is 1. The molecule has 1 saturated heterocycles. The van der Waals surface area contributed by atoms with Gasteiger partial charge in [0.25, 0.3) is 17.5 Å². The van der Waals surface area contributed by atoms with Crippen molar-refractivity contribution in [2.24, 2.45) is 13.0 Å². The summed E-state index contributed by atoms with van der Waals surface area (Å²) in [7, 11) is 1.65. The van der Waals surface area contributed by atoms with Crippen LogP contribution in [-0.4, -0.2) is 47.0 Å². The molecule has 10 nitrogen and oxygen atoms in total. The molecule has 2 amide bonds. The Morgan fingerprint density at radius 3 is 2.71 bits per heavy atom. The molecule has 1 aromatic carbocycles. The highest BCUT2D eigenvalue weighted by atomic mass is 16.6. The summed E-state index contributed by atoms with van der Waals surface area (Å²) in [6, 6.07) is 7.33. The van der Waals surface area contributed by atoms with E-state index in [0.717, 1.165) is 18.9 Å². The van der Waals surface area contributed by atoms with Crippen LogP contribution in [-0.2, 0) is 16.6 Å². The molecule has 1 aliphatic rings. The molecule has 10 heteroatoms. The first-order valence-corrected chi connectivity index (χ1v) is 9.92. The smallest absolute Gasteiger partial charge is 0.338 e. The Labute approximate surface area is 178 Å². The lowest BCUT2D eigenvalue weighted by molar-refractivity contribution is -0.384. The van der Waals surface area contributed by atoms with Crippen LogP contribution >= 0.6 is 0 Å². The summed E-state index contributed by atoms with van der Waals surface area (Å²) in [4.78, 5) is 49.2. The fraction of sp³-hybridized carbons (Fsp3) is 0.381. The van der Waals surface area contributed by atoms with E-state index in [2.05, 4.69) is 12.2 Å². The Bertz CT molecular complexity index is 1020. The minimum absolute atomic E-state index is 0.0398. The molecular formula is C21H24N4O6. The molecule has 1 unspecified atom stereocenters. The molecule has 0 aliphatic carbocycles. The summed E-state index contributed by atoms with van der Waals surface area (Å²) < 4.78 is 6.47. The van der Waals surface area contributed by atoms with E-state index in [1.54, 1.807) is 29.9 Å². The number of rotatable bonds is 6. The van der Waals surface area contributed by atoms with Gasteiger partial charge in [-0.05, 0) is 43.0 Å². The lowest BCUT2D eigenvalue weighted by Gasteiger charge is -2.32. The lowest BCUT2D eigenvalue weighted by Crippen LogP contribution is -2.35. The maximum atomic E-state index is 12.3. The summed E-state index contributed by atoms with van der Waals surface area (Å²) in [5, 5.41) is 13.7. The van der Waals surface area contributed by atoms with Crippen molar-refractivity contribution in [2.45, 2.75) is 19.8 Å². The number of hydrogen-bond acceptors (Lipinski definition) is 7. The van der Waals surface area contributed by atoms with Gasteiger partial charge in [0.15, 0.2) is 6.61 Å². The van der Waals surface area contributed by atoms with E-state index < -0.39 is 29.3 Å². The Balaban J connectivity index is 1.64. The third-order valence-electron chi connectivity index (χ3n) is 5.17. The number of nitro groups is 1. The van der Waals surface area contributed by atoms with E-state index in [1.165, 1.54) is 12.1 Å². The molecule has 0 radical (unpaired) electrons. The molecule has 164 valence electrons. The Morgan fingerprint density at radius 1 is 1.29 bits per heavy atom. The Kier molecular flexibility index (Phi) is 6.68. The number of benzene rings is 1. The molecule has 1 N–H and O–H groups in total. The summed E-state index contributed by atoms with van der Waals surface area (Å²) in [6.07, 6.45) is 3.67. The number of nitrogens with one attached hydrogen (secondary N) is 1. The average Bonchev–Trinajstić information content (AvgIpc) is 3.17. The molecule has 1 aliphatic heterocycles. The number of amides is 2. The van der Waals surface area contributed by atoms with Gasteiger partial charge >= 0.3 is 5.97 Å². The zero-order chi connectivity index (χ0) is 22.5. The number of aryl methyl sites for hydroxylation is 1. The molecule has 31 heavy (non-hydrogen) atoms. The number of esters is 1. The minimum atomic E-state index is -0.886. The van der Waals surface area contributed by atoms with E-state index in [4.69, 9.17) is 4.74 Å². The van der Waals surface area contributed by atoms with Gasteiger partial charge in [-0.15, -0.1) is 0 Å². The number of aromatic nitrogens is 1. The number of anilines is 1. The normalized spacial score (nSPS) is 15.9. The van der Waals surface area contributed by atoms with E-state index >= 15 is 0 Å². The predicted molar refractivity (Wildman–Crippen MR) is 112 cm³/mol. The van der Waals surface area contributed by atoms with Gasteiger partial charge in [0.1, 0.15) is 11.4 Å². The van der Waals surface area contributed by atoms with Crippen LogP contribution in [0.3, 0.4) is 0 Å². The van der Waals surface area contributed by atoms with Crippen molar-refractivity contribution in [1.82, 2.24) is 9.88 Å². The van der Waals surface area contributed by atoms with Crippen molar-refractivity contribution in [1.29, 1.82) is 0 Å². The number of hydrogen-bond donors (Lipinski definition) is 1. The zero-order valence-electron chi connectivity index (χ0n) is 17.4. The number of nitrogens with zero attached hydrogens (tertiary/aromatic N) is 3. The molecule has 1 aromatic heterocycles.